The highest BCUT2D eigenvalue weighted by atomic mass is 16.6. The van der Waals surface area contributed by atoms with E-state index in [2.05, 4.69) is 50.8 Å². The van der Waals surface area contributed by atoms with Crippen LogP contribution < -0.4 is 32.3 Å². The number of anilines is 1. The van der Waals surface area contributed by atoms with Crippen molar-refractivity contribution >= 4 is 35.5 Å². The first kappa shape index (κ1) is 48.1. The summed E-state index contributed by atoms with van der Waals surface area (Å²) in [4.78, 5) is 62.6. The Labute approximate surface area is 356 Å². The summed E-state index contributed by atoms with van der Waals surface area (Å²) in [6.45, 7) is 6.55. The Hall–Kier alpha value is -5.59. The van der Waals surface area contributed by atoms with Gasteiger partial charge in [0.1, 0.15) is 18.7 Å². The fourth-order valence-electron chi connectivity index (χ4n) is 6.55. The van der Waals surface area contributed by atoms with Crippen LogP contribution >= 0.6 is 0 Å². The Morgan fingerprint density at radius 3 is 1.84 bits per heavy atom. The van der Waals surface area contributed by atoms with Gasteiger partial charge < -0.3 is 61.1 Å². The molecule has 3 aromatic carbocycles. The van der Waals surface area contributed by atoms with Crippen molar-refractivity contribution in [1.29, 1.82) is 0 Å². The third-order valence-corrected chi connectivity index (χ3v) is 9.72. The second-order valence-corrected chi connectivity index (χ2v) is 14.6. The first-order chi connectivity index (χ1) is 29.6. The van der Waals surface area contributed by atoms with E-state index < -0.39 is 41.9 Å². The van der Waals surface area contributed by atoms with Gasteiger partial charge in [0.2, 0.25) is 17.7 Å². The number of benzene rings is 3. The van der Waals surface area contributed by atoms with Crippen molar-refractivity contribution in [1.82, 2.24) is 21.3 Å². The predicted octanol–water partition coefficient (Wildman–Crippen LogP) is 3.19. The molecule has 61 heavy (non-hydrogen) atoms. The number of carbonyl (C=O) groups excluding carboxylic acids is 5. The number of nitrogens with one attached hydrogen (secondary N) is 5. The fraction of sp³-hybridized carbons (Fsp3) is 0.477. The maximum atomic E-state index is 13.3. The number of hydrogen-bond acceptors (Lipinski definition) is 11. The van der Waals surface area contributed by atoms with E-state index in [0.29, 0.717) is 63.9 Å². The van der Waals surface area contributed by atoms with Gasteiger partial charge in [0.15, 0.2) is 0 Å². The molecule has 0 aromatic heterocycles. The largest absolute Gasteiger partial charge is 0.449 e. The van der Waals surface area contributed by atoms with Gasteiger partial charge in [-0.05, 0) is 58.7 Å². The van der Waals surface area contributed by atoms with Crippen LogP contribution in [0.25, 0.3) is 11.1 Å². The van der Waals surface area contributed by atoms with Crippen molar-refractivity contribution in [3.63, 3.8) is 0 Å². The predicted molar refractivity (Wildman–Crippen MR) is 227 cm³/mol. The minimum Gasteiger partial charge on any atom is -0.449 e. The highest BCUT2D eigenvalue weighted by Crippen LogP contribution is 2.44. The molecule has 17 heteroatoms. The van der Waals surface area contributed by atoms with E-state index in [1.807, 2.05) is 24.3 Å². The van der Waals surface area contributed by atoms with Crippen molar-refractivity contribution in [3.05, 3.63) is 89.5 Å². The number of rotatable bonds is 28. The number of carbonyl (C=O) groups is 5. The molecule has 2 atom stereocenters. The van der Waals surface area contributed by atoms with Gasteiger partial charge in [-0.25, -0.2) is 9.59 Å². The van der Waals surface area contributed by atoms with Crippen molar-refractivity contribution in [2.24, 2.45) is 11.7 Å². The van der Waals surface area contributed by atoms with Gasteiger partial charge in [-0.2, -0.15) is 0 Å². The van der Waals surface area contributed by atoms with Crippen LogP contribution in [0.5, 0.6) is 0 Å². The van der Waals surface area contributed by atoms with E-state index in [0.717, 1.165) is 11.1 Å². The maximum Gasteiger partial charge on any atom is 0.407 e. The average molecular weight is 849 g/mol. The lowest BCUT2D eigenvalue weighted by atomic mass is 9.98. The summed E-state index contributed by atoms with van der Waals surface area (Å²) in [5.74, 6) is -1.70. The van der Waals surface area contributed by atoms with Gasteiger partial charge in [0, 0.05) is 31.1 Å². The van der Waals surface area contributed by atoms with Crippen LogP contribution in [-0.4, -0.2) is 120 Å². The molecule has 8 N–H and O–H groups in total. The Balaban J connectivity index is 1.00. The number of nitrogens with two attached hydrogens (primary N) is 1. The second kappa shape index (κ2) is 26.6. The minimum atomic E-state index is -0.974. The number of amides is 6. The molecular formula is C44H60N6O11. The first-order valence-corrected chi connectivity index (χ1v) is 20.6. The maximum absolute atomic E-state index is 13.3. The van der Waals surface area contributed by atoms with Gasteiger partial charge in [-0.1, -0.05) is 74.5 Å². The van der Waals surface area contributed by atoms with Gasteiger partial charge in [0.05, 0.1) is 59.5 Å². The molecule has 4 rings (SSSR count). The second-order valence-electron chi connectivity index (χ2n) is 14.6. The lowest BCUT2D eigenvalue weighted by molar-refractivity contribution is -0.132. The summed E-state index contributed by atoms with van der Waals surface area (Å²) in [6.07, 6.45) is 0.0531. The van der Waals surface area contributed by atoms with Crippen LogP contribution in [0.3, 0.4) is 0 Å². The van der Waals surface area contributed by atoms with Crippen molar-refractivity contribution in [2.45, 2.75) is 57.7 Å². The highest BCUT2D eigenvalue weighted by Gasteiger charge is 2.30. The lowest BCUT2D eigenvalue weighted by Crippen LogP contribution is -2.54. The molecule has 0 fully saturated rings. The van der Waals surface area contributed by atoms with Gasteiger partial charge >= 0.3 is 12.1 Å². The number of primary amides is 1. The number of hydrogen-bond donors (Lipinski definition) is 7. The summed E-state index contributed by atoms with van der Waals surface area (Å²) in [5, 5.41) is 22.7. The first-order valence-electron chi connectivity index (χ1n) is 20.6. The molecule has 6 amide bonds. The molecule has 3 aromatic rings. The summed E-state index contributed by atoms with van der Waals surface area (Å²) >= 11 is 0. The standard InChI is InChI=1S/C44H60N6O11/c1-30(2)40(42(54)49-38(12-7-18-46-43(45)55)41(53)48-32-15-13-31(28-51)14-16-32)50-39(52)17-20-57-22-24-59-26-27-60-25-23-58-21-19-47-44(56)61-29-37-35-10-5-3-8-33(35)34-9-4-6-11-36(34)37/h3-6,8-11,13-16,30,37-38,40,51H,7,12,17-29H2,1-2H3,(H,47,56)(H,48,53)(H,49,54)(H,50,52)(H3,45,46,55)/t38-,40-/m1/s1. The lowest BCUT2D eigenvalue weighted by Gasteiger charge is -2.25. The number of ether oxygens (including phenoxy) is 5. The zero-order valence-electron chi connectivity index (χ0n) is 35.0. The van der Waals surface area contributed by atoms with E-state index in [1.165, 1.54) is 11.1 Å². The number of fused-ring (bicyclic) bond motifs is 3. The van der Waals surface area contributed by atoms with Gasteiger partial charge in [0.25, 0.3) is 0 Å². The number of aliphatic hydroxyl groups excluding tert-OH is 1. The number of urea groups is 1. The molecule has 0 saturated carbocycles. The molecule has 0 unspecified atom stereocenters. The van der Waals surface area contributed by atoms with E-state index in [1.54, 1.807) is 38.1 Å². The van der Waals surface area contributed by atoms with Crippen LogP contribution in [-0.2, 0) is 44.7 Å². The van der Waals surface area contributed by atoms with Crippen LogP contribution in [0.15, 0.2) is 72.8 Å². The smallest absolute Gasteiger partial charge is 0.407 e. The Morgan fingerprint density at radius 1 is 0.689 bits per heavy atom. The monoisotopic (exact) mass is 848 g/mol. The van der Waals surface area contributed by atoms with E-state index in [9.17, 15) is 29.1 Å². The summed E-state index contributed by atoms with van der Waals surface area (Å²) in [5.41, 5.74) is 11.0. The van der Waals surface area contributed by atoms with Crippen LogP contribution in [0, 0.1) is 5.92 Å². The minimum absolute atomic E-state index is 0.000884. The molecule has 0 radical (unpaired) electrons. The van der Waals surface area contributed by atoms with Crippen molar-refractivity contribution < 1.29 is 52.8 Å². The molecular weight excluding hydrogens is 789 g/mol. The SMILES string of the molecule is CC(C)[C@@H](NC(=O)CCOCCOCCOCCOCCNC(=O)OCC1c2ccccc2-c2ccccc21)C(=O)N[C@H](CCCNC(N)=O)C(=O)Nc1ccc(CO)cc1. The summed E-state index contributed by atoms with van der Waals surface area (Å²) in [6, 6.07) is 20.4. The molecule has 332 valence electrons. The van der Waals surface area contributed by atoms with Crippen LogP contribution in [0.1, 0.15) is 55.7 Å². The molecule has 1 aliphatic carbocycles. The van der Waals surface area contributed by atoms with Crippen LogP contribution in [0.2, 0.25) is 0 Å². The summed E-state index contributed by atoms with van der Waals surface area (Å²) in [7, 11) is 0. The Kier molecular flexibility index (Phi) is 21.0. The number of alkyl carbamates (subject to hydrolysis) is 1. The molecule has 1 aliphatic rings. The third-order valence-electron chi connectivity index (χ3n) is 9.72. The van der Waals surface area contributed by atoms with E-state index >= 15 is 0 Å². The third kappa shape index (κ3) is 16.8. The van der Waals surface area contributed by atoms with Crippen molar-refractivity contribution in [3.8, 4) is 11.1 Å². The normalized spacial score (nSPS) is 12.8. The molecule has 0 aliphatic heterocycles. The molecule has 0 spiro atoms. The van der Waals surface area contributed by atoms with E-state index in [-0.39, 0.29) is 57.6 Å². The molecule has 0 saturated heterocycles. The summed E-state index contributed by atoms with van der Waals surface area (Å²) < 4.78 is 27.6. The van der Waals surface area contributed by atoms with E-state index in [4.69, 9.17) is 29.4 Å². The highest BCUT2D eigenvalue weighted by molar-refractivity contribution is 5.98. The fourth-order valence-corrected chi connectivity index (χ4v) is 6.55. The zero-order chi connectivity index (χ0) is 43.8. The molecule has 17 nitrogen and oxygen atoms in total. The van der Waals surface area contributed by atoms with Gasteiger partial charge in [-0.3, -0.25) is 14.4 Å². The average Bonchev–Trinajstić information content (AvgIpc) is 3.57. The zero-order valence-corrected chi connectivity index (χ0v) is 35.0. The van der Waals surface area contributed by atoms with Crippen LogP contribution in [0.4, 0.5) is 15.3 Å². The molecule has 0 heterocycles. The van der Waals surface area contributed by atoms with Crippen molar-refractivity contribution in [2.75, 3.05) is 77.9 Å². The van der Waals surface area contributed by atoms with Gasteiger partial charge in [-0.15, -0.1) is 0 Å². The number of aliphatic hydroxyl groups is 1. The quantitative estimate of drug-likeness (QED) is 0.0524. The Bertz CT molecular complexity index is 1800. The topological polar surface area (TPSA) is 238 Å². The Morgan fingerprint density at radius 2 is 1.26 bits per heavy atom. The molecule has 0 bridgehead atoms.